The Morgan fingerprint density at radius 2 is 1.72 bits per heavy atom. The number of carbonyl (C=O) groups is 1. The Morgan fingerprint density at radius 3 is 2.17 bits per heavy atom. The molecule has 0 aromatic carbocycles. The Morgan fingerprint density at radius 1 is 1.17 bits per heavy atom. The normalized spacial score (nSPS) is 30.1. The molecule has 0 heterocycles. The molecular formula is C15H29NO2. The van der Waals surface area contributed by atoms with Crippen LogP contribution in [0.25, 0.3) is 0 Å². The Labute approximate surface area is 111 Å². The second-order valence-electron chi connectivity index (χ2n) is 7.71. The number of rotatable bonds is 1. The van der Waals surface area contributed by atoms with E-state index in [0.29, 0.717) is 0 Å². The minimum atomic E-state index is -0.816. The van der Waals surface area contributed by atoms with Gasteiger partial charge in [-0.25, -0.2) is 0 Å². The average Bonchev–Trinajstić information content (AvgIpc) is 2.13. The first kappa shape index (κ1) is 15.5. The Kier molecular flexibility index (Phi) is 4.16. The second kappa shape index (κ2) is 4.84. The molecule has 3 heteroatoms. The van der Waals surface area contributed by atoms with Crippen LogP contribution < -0.4 is 5.73 Å². The van der Waals surface area contributed by atoms with Gasteiger partial charge in [-0.1, -0.05) is 33.6 Å². The Hall–Kier alpha value is -0.570. The van der Waals surface area contributed by atoms with Crippen molar-refractivity contribution in [3.05, 3.63) is 0 Å². The molecule has 0 unspecified atom stereocenters. The number of hydrogen-bond donors (Lipinski definition) is 1. The van der Waals surface area contributed by atoms with Crippen LogP contribution in [0.5, 0.6) is 0 Å². The van der Waals surface area contributed by atoms with Gasteiger partial charge in [0.25, 0.3) is 0 Å². The van der Waals surface area contributed by atoms with Gasteiger partial charge in [-0.05, 0) is 44.9 Å². The molecule has 0 radical (unpaired) electrons. The number of ether oxygens (including phenoxy) is 1. The monoisotopic (exact) mass is 255 g/mol. The molecule has 18 heavy (non-hydrogen) atoms. The largest absolute Gasteiger partial charge is 0.459 e. The molecule has 3 nitrogen and oxygen atoms in total. The molecule has 2 atom stereocenters. The summed E-state index contributed by atoms with van der Waals surface area (Å²) < 4.78 is 5.54. The van der Waals surface area contributed by atoms with Crippen LogP contribution in [0.4, 0.5) is 0 Å². The van der Waals surface area contributed by atoms with Gasteiger partial charge in [0.2, 0.25) is 0 Å². The predicted molar refractivity (Wildman–Crippen MR) is 74.2 cm³/mol. The molecule has 0 aliphatic heterocycles. The molecule has 0 saturated heterocycles. The first-order valence-electron chi connectivity index (χ1n) is 6.99. The van der Waals surface area contributed by atoms with Crippen LogP contribution in [-0.2, 0) is 9.53 Å². The van der Waals surface area contributed by atoms with Gasteiger partial charge >= 0.3 is 5.97 Å². The Balaban J connectivity index is 2.95. The summed E-state index contributed by atoms with van der Waals surface area (Å²) in [6.07, 6.45) is 3.93. The van der Waals surface area contributed by atoms with Crippen LogP contribution in [0.2, 0.25) is 0 Å². The highest BCUT2D eigenvalue weighted by Crippen LogP contribution is 2.44. The third-order valence-corrected chi connectivity index (χ3v) is 3.78. The first-order valence-corrected chi connectivity index (χ1v) is 6.99. The molecule has 106 valence electrons. The van der Waals surface area contributed by atoms with Crippen LogP contribution >= 0.6 is 0 Å². The van der Waals surface area contributed by atoms with E-state index in [-0.39, 0.29) is 17.3 Å². The van der Waals surface area contributed by atoms with Gasteiger partial charge in [-0.3, -0.25) is 4.79 Å². The third kappa shape index (κ3) is 3.47. The summed E-state index contributed by atoms with van der Waals surface area (Å²) in [5.74, 6) is -0.0387. The molecule has 0 amide bonds. The van der Waals surface area contributed by atoms with E-state index in [4.69, 9.17) is 10.5 Å². The van der Waals surface area contributed by atoms with Crippen molar-refractivity contribution in [2.45, 2.75) is 78.4 Å². The maximum Gasteiger partial charge on any atom is 0.326 e. The molecule has 0 aromatic heterocycles. The predicted octanol–water partition coefficient (Wildman–Crippen LogP) is 3.26. The molecule has 1 saturated carbocycles. The summed E-state index contributed by atoms with van der Waals surface area (Å²) in [6.45, 7) is 12.2. The van der Waals surface area contributed by atoms with Gasteiger partial charge in [0, 0.05) is 0 Å². The zero-order chi connectivity index (χ0) is 14.2. The summed E-state index contributed by atoms with van der Waals surface area (Å²) in [6, 6.07) is 0. The standard InChI is InChI=1S/C15H29NO2/c1-13(2,3)11-9-7-8-10-15(11,16)12(17)18-14(4,5)6/h11H,7-10,16H2,1-6H3/t11-,15+/m1/s1. The SMILES string of the molecule is CC(C)(C)OC(=O)[C@]1(N)CCCC[C@@H]1C(C)(C)C. The van der Waals surface area contributed by atoms with Crippen LogP contribution in [0.1, 0.15) is 67.2 Å². The fourth-order valence-electron chi connectivity index (χ4n) is 3.02. The zero-order valence-corrected chi connectivity index (χ0v) is 12.8. The van der Waals surface area contributed by atoms with Crippen molar-refractivity contribution < 1.29 is 9.53 Å². The van der Waals surface area contributed by atoms with Gasteiger partial charge in [0.1, 0.15) is 11.1 Å². The van der Waals surface area contributed by atoms with E-state index in [1.165, 1.54) is 0 Å². The number of esters is 1. The van der Waals surface area contributed by atoms with E-state index in [1.807, 2.05) is 20.8 Å². The third-order valence-electron chi connectivity index (χ3n) is 3.78. The molecular weight excluding hydrogens is 226 g/mol. The Bertz CT molecular complexity index is 311. The van der Waals surface area contributed by atoms with Crippen LogP contribution in [0.15, 0.2) is 0 Å². The van der Waals surface area contributed by atoms with Gasteiger partial charge < -0.3 is 10.5 Å². The molecule has 2 N–H and O–H groups in total. The molecule has 1 fully saturated rings. The summed E-state index contributed by atoms with van der Waals surface area (Å²) in [7, 11) is 0. The number of carbonyl (C=O) groups excluding carboxylic acids is 1. The van der Waals surface area contributed by atoms with Crippen molar-refractivity contribution in [2.24, 2.45) is 17.1 Å². The maximum absolute atomic E-state index is 12.4. The smallest absolute Gasteiger partial charge is 0.326 e. The minimum absolute atomic E-state index is 0.0338. The van der Waals surface area contributed by atoms with Crippen molar-refractivity contribution in [3.8, 4) is 0 Å². The lowest BCUT2D eigenvalue weighted by atomic mass is 9.62. The van der Waals surface area contributed by atoms with E-state index in [2.05, 4.69) is 20.8 Å². The van der Waals surface area contributed by atoms with Crippen LogP contribution in [0.3, 0.4) is 0 Å². The molecule has 0 spiro atoms. The van der Waals surface area contributed by atoms with Crippen molar-refractivity contribution in [1.29, 1.82) is 0 Å². The number of hydrogen-bond acceptors (Lipinski definition) is 3. The van der Waals surface area contributed by atoms with Gasteiger partial charge in [-0.15, -0.1) is 0 Å². The summed E-state index contributed by atoms with van der Waals surface area (Å²) in [4.78, 5) is 12.4. The van der Waals surface area contributed by atoms with Gasteiger partial charge in [0.15, 0.2) is 0 Å². The van der Waals surface area contributed by atoms with Gasteiger partial charge in [-0.2, -0.15) is 0 Å². The van der Waals surface area contributed by atoms with Crippen molar-refractivity contribution in [3.63, 3.8) is 0 Å². The average molecular weight is 255 g/mol. The lowest BCUT2D eigenvalue weighted by Gasteiger charge is -2.46. The maximum atomic E-state index is 12.4. The summed E-state index contributed by atoms with van der Waals surface area (Å²) in [5.41, 5.74) is 5.21. The minimum Gasteiger partial charge on any atom is -0.459 e. The fraction of sp³-hybridized carbons (Fsp3) is 0.933. The topological polar surface area (TPSA) is 52.3 Å². The van der Waals surface area contributed by atoms with E-state index in [0.717, 1.165) is 25.7 Å². The molecule has 0 aromatic rings. The quantitative estimate of drug-likeness (QED) is 0.732. The van der Waals surface area contributed by atoms with E-state index in [9.17, 15) is 4.79 Å². The highest BCUT2D eigenvalue weighted by molar-refractivity contribution is 5.81. The molecule has 1 aliphatic carbocycles. The van der Waals surface area contributed by atoms with Crippen molar-refractivity contribution in [2.75, 3.05) is 0 Å². The highest BCUT2D eigenvalue weighted by Gasteiger charge is 2.50. The second-order valence-corrected chi connectivity index (χ2v) is 7.71. The van der Waals surface area contributed by atoms with Crippen molar-refractivity contribution in [1.82, 2.24) is 0 Å². The number of nitrogens with two attached hydrogens (primary N) is 1. The fourth-order valence-corrected chi connectivity index (χ4v) is 3.02. The summed E-state index contributed by atoms with van der Waals surface area (Å²) >= 11 is 0. The summed E-state index contributed by atoms with van der Waals surface area (Å²) in [5, 5.41) is 0. The molecule has 1 aliphatic rings. The van der Waals surface area contributed by atoms with E-state index < -0.39 is 11.1 Å². The molecule has 0 bridgehead atoms. The highest BCUT2D eigenvalue weighted by atomic mass is 16.6. The lowest BCUT2D eigenvalue weighted by molar-refractivity contribution is -0.168. The van der Waals surface area contributed by atoms with E-state index in [1.54, 1.807) is 0 Å². The van der Waals surface area contributed by atoms with E-state index >= 15 is 0 Å². The van der Waals surface area contributed by atoms with Crippen LogP contribution in [-0.4, -0.2) is 17.1 Å². The van der Waals surface area contributed by atoms with Crippen molar-refractivity contribution >= 4 is 5.97 Å². The first-order chi connectivity index (χ1) is 7.97. The zero-order valence-electron chi connectivity index (χ0n) is 12.8. The van der Waals surface area contributed by atoms with Gasteiger partial charge in [0.05, 0.1) is 0 Å². The molecule has 1 rings (SSSR count). The van der Waals surface area contributed by atoms with Crippen LogP contribution in [0, 0.1) is 11.3 Å². The lowest BCUT2D eigenvalue weighted by Crippen LogP contribution is -2.60.